The van der Waals surface area contributed by atoms with Gasteiger partial charge >= 0.3 is 5.97 Å². The Morgan fingerprint density at radius 1 is 1.14 bits per heavy atom. The lowest BCUT2D eigenvalue weighted by Crippen LogP contribution is -2.27. The average Bonchev–Trinajstić information content (AvgIpc) is 2.47. The minimum Gasteiger partial charge on any atom is -0.478 e. The molecule has 0 saturated carbocycles. The summed E-state index contributed by atoms with van der Waals surface area (Å²) in [5, 5.41) is 21.4. The van der Waals surface area contributed by atoms with E-state index in [1.54, 1.807) is 0 Å². The Morgan fingerprint density at radius 2 is 1.86 bits per heavy atom. The highest BCUT2D eigenvalue weighted by Gasteiger charge is 2.18. The van der Waals surface area contributed by atoms with Gasteiger partial charge in [0.2, 0.25) is 0 Å². The Hall–Kier alpha value is -2.40. The third-order valence-electron chi connectivity index (χ3n) is 3.13. The molecular formula is C16H16FNO3. The molecule has 2 aromatic rings. The molecule has 0 amide bonds. The zero-order chi connectivity index (χ0) is 15.2. The van der Waals surface area contributed by atoms with E-state index in [1.807, 2.05) is 30.3 Å². The van der Waals surface area contributed by atoms with Crippen LogP contribution in [0.25, 0.3) is 0 Å². The van der Waals surface area contributed by atoms with Gasteiger partial charge < -0.3 is 15.5 Å². The first-order chi connectivity index (χ1) is 10.1. The molecule has 3 N–H and O–H groups in total. The minimum atomic E-state index is -1.34. The highest BCUT2D eigenvalue weighted by Crippen LogP contribution is 2.20. The van der Waals surface area contributed by atoms with Crippen molar-refractivity contribution in [3.8, 4) is 0 Å². The van der Waals surface area contributed by atoms with Gasteiger partial charge in [0.05, 0.1) is 18.3 Å². The molecule has 0 bridgehead atoms. The Bertz CT molecular complexity index is 616. The Kier molecular flexibility index (Phi) is 4.90. The molecule has 0 radical (unpaired) electrons. The van der Waals surface area contributed by atoms with E-state index in [2.05, 4.69) is 5.32 Å². The largest absolute Gasteiger partial charge is 0.478 e. The molecular weight excluding hydrogens is 273 g/mol. The fraction of sp³-hybridized carbons (Fsp3) is 0.188. The van der Waals surface area contributed by atoms with Gasteiger partial charge in [-0.05, 0) is 24.1 Å². The molecule has 2 rings (SSSR count). The SMILES string of the molecule is O=C(O)c1c(F)cccc1NC(CO)Cc1ccccc1. The summed E-state index contributed by atoms with van der Waals surface area (Å²) in [7, 11) is 0. The molecule has 2 aromatic carbocycles. The Balaban J connectivity index is 2.19. The number of rotatable bonds is 6. The molecule has 0 aliphatic carbocycles. The summed E-state index contributed by atoms with van der Waals surface area (Å²) in [6, 6.07) is 13.1. The second kappa shape index (κ2) is 6.85. The van der Waals surface area contributed by atoms with Gasteiger partial charge in [-0.25, -0.2) is 9.18 Å². The zero-order valence-corrected chi connectivity index (χ0v) is 11.3. The Labute approximate surface area is 121 Å². The van der Waals surface area contributed by atoms with E-state index in [0.29, 0.717) is 6.42 Å². The van der Waals surface area contributed by atoms with Gasteiger partial charge in [-0.3, -0.25) is 0 Å². The standard InChI is InChI=1S/C16H16FNO3/c17-13-7-4-8-14(15(13)16(20)21)18-12(10-19)9-11-5-2-1-3-6-11/h1-8,12,18-19H,9-10H2,(H,20,21). The van der Waals surface area contributed by atoms with Gasteiger partial charge in [0, 0.05) is 0 Å². The van der Waals surface area contributed by atoms with Crippen molar-refractivity contribution < 1.29 is 19.4 Å². The molecule has 0 aliphatic rings. The number of aliphatic hydroxyl groups is 1. The van der Waals surface area contributed by atoms with Crippen LogP contribution in [0.4, 0.5) is 10.1 Å². The summed E-state index contributed by atoms with van der Waals surface area (Å²) in [4.78, 5) is 11.1. The highest BCUT2D eigenvalue weighted by atomic mass is 19.1. The van der Waals surface area contributed by atoms with Crippen LogP contribution in [0.15, 0.2) is 48.5 Å². The van der Waals surface area contributed by atoms with Crippen LogP contribution in [0.1, 0.15) is 15.9 Å². The van der Waals surface area contributed by atoms with Crippen LogP contribution in [-0.2, 0) is 6.42 Å². The number of carboxylic acids is 1. The monoisotopic (exact) mass is 289 g/mol. The van der Waals surface area contributed by atoms with E-state index in [0.717, 1.165) is 11.6 Å². The fourth-order valence-electron chi connectivity index (χ4n) is 2.14. The number of carboxylic acid groups (broad SMARTS) is 1. The van der Waals surface area contributed by atoms with E-state index in [9.17, 15) is 14.3 Å². The number of aliphatic hydroxyl groups excluding tert-OH is 1. The van der Waals surface area contributed by atoms with E-state index in [-0.39, 0.29) is 12.3 Å². The van der Waals surface area contributed by atoms with E-state index in [4.69, 9.17) is 5.11 Å². The van der Waals surface area contributed by atoms with Crippen molar-refractivity contribution >= 4 is 11.7 Å². The normalized spacial score (nSPS) is 11.9. The third-order valence-corrected chi connectivity index (χ3v) is 3.13. The number of carbonyl (C=O) groups is 1. The highest BCUT2D eigenvalue weighted by molar-refractivity contribution is 5.94. The molecule has 1 atom stereocenters. The summed E-state index contributed by atoms with van der Waals surface area (Å²) in [6.45, 7) is -0.190. The number of aromatic carboxylic acids is 1. The minimum absolute atomic E-state index is 0.164. The maximum atomic E-state index is 13.6. The second-order valence-electron chi connectivity index (χ2n) is 4.68. The van der Waals surface area contributed by atoms with Crippen molar-refractivity contribution in [3.63, 3.8) is 0 Å². The maximum Gasteiger partial charge on any atom is 0.340 e. The van der Waals surface area contributed by atoms with Crippen LogP contribution >= 0.6 is 0 Å². The smallest absolute Gasteiger partial charge is 0.340 e. The van der Waals surface area contributed by atoms with E-state index < -0.39 is 23.4 Å². The van der Waals surface area contributed by atoms with Crippen LogP contribution < -0.4 is 5.32 Å². The van der Waals surface area contributed by atoms with Crippen LogP contribution in [0.5, 0.6) is 0 Å². The molecule has 110 valence electrons. The van der Waals surface area contributed by atoms with Gasteiger partial charge in [0.25, 0.3) is 0 Å². The zero-order valence-electron chi connectivity index (χ0n) is 11.3. The molecule has 0 heterocycles. The quantitative estimate of drug-likeness (QED) is 0.764. The van der Waals surface area contributed by atoms with Crippen LogP contribution in [0, 0.1) is 5.82 Å². The molecule has 0 spiro atoms. The van der Waals surface area contributed by atoms with E-state index in [1.165, 1.54) is 12.1 Å². The first kappa shape index (κ1) is 15.0. The summed E-state index contributed by atoms with van der Waals surface area (Å²) < 4.78 is 13.6. The summed E-state index contributed by atoms with van der Waals surface area (Å²) in [5.41, 5.74) is 0.749. The first-order valence-corrected chi connectivity index (χ1v) is 6.55. The lowest BCUT2D eigenvalue weighted by molar-refractivity contribution is 0.0693. The van der Waals surface area contributed by atoms with Crippen LogP contribution in [0.3, 0.4) is 0 Å². The van der Waals surface area contributed by atoms with Gasteiger partial charge in [-0.15, -0.1) is 0 Å². The number of benzene rings is 2. The van der Waals surface area contributed by atoms with Crippen LogP contribution in [0.2, 0.25) is 0 Å². The van der Waals surface area contributed by atoms with Crippen molar-refractivity contribution in [1.82, 2.24) is 0 Å². The first-order valence-electron chi connectivity index (χ1n) is 6.55. The maximum absolute atomic E-state index is 13.6. The predicted molar refractivity (Wildman–Crippen MR) is 78.0 cm³/mol. The molecule has 21 heavy (non-hydrogen) atoms. The number of halogens is 1. The molecule has 0 aliphatic heterocycles. The van der Waals surface area contributed by atoms with Crippen molar-refractivity contribution in [2.24, 2.45) is 0 Å². The lowest BCUT2D eigenvalue weighted by Gasteiger charge is -2.19. The van der Waals surface area contributed by atoms with Crippen molar-refractivity contribution in [2.45, 2.75) is 12.5 Å². The number of hydrogen-bond acceptors (Lipinski definition) is 3. The van der Waals surface area contributed by atoms with E-state index >= 15 is 0 Å². The number of nitrogens with one attached hydrogen (secondary N) is 1. The second-order valence-corrected chi connectivity index (χ2v) is 4.68. The summed E-state index contributed by atoms with van der Waals surface area (Å²) in [6.07, 6.45) is 0.507. The van der Waals surface area contributed by atoms with Crippen LogP contribution in [-0.4, -0.2) is 28.8 Å². The lowest BCUT2D eigenvalue weighted by atomic mass is 10.1. The molecule has 1 unspecified atom stereocenters. The topological polar surface area (TPSA) is 69.6 Å². The fourth-order valence-corrected chi connectivity index (χ4v) is 2.14. The molecule has 0 fully saturated rings. The van der Waals surface area contributed by atoms with Crippen molar-refractivity contribution in [3.05, 3.63) is 65.5 Å². The molecule has 0 aromatic heterocycles. The van der Waals surface area contributed by atoms with Gasteiger partial charge in [0.1, 0.15) is 11.4 Å². The predicted octanol–water partition coefficient (Wildman–Crippen LogP) is 2.54. The van der Waals surface area contributed by atoms with Crippen molar-refractivity contribution in [2.75, 3.05) is 11.9 Å². The van der Waals surface area contributed by atoms with Gasteiger partial charge in [0.15, 0.2) is 0 Å². The number of anilines is 1. The van der Waals surface area contributed by atoms with Gasteiger partial charge in [-0.1, -0.05) is 36.4 Å². The number of hydrogen-bond donors (Lipinski definition) is 3. The average molecular weight is 289 g/mol. The summed E-state index contributed by atoms with van der Waals surface area (Å²) >= 11 is 0. The Morgan fingerprint density at radius 3 is 2.48 bits per heavy atom. The molecule has 4 nitrogen and oxygen atoms in total. The molecule has 0 saturated heterocycles. The third kappa shape index (κ3) is 3.79. The van der Waals surface area contributed by atoms with Gasteiger partial charge in [-0.2, -0.15) is 0 Å². The van der Waals surface area contributed by atoms with Crippen molar-refractivity contribution in [1.29, 1.82) is 0 Å². The summed E-state index contributed by atoms with van der Waals surface area (Å²) in [5.74, 6) is -2.14. The molecule has 5 heteroatoms.